The van der Waals surface area contributed by atoms with Crippen LogP contribution >= 0.6 is 0 Å². The molecule has 1 aromatic carbocycles. The third kappa shape index (κ3) is 1.70. The topological polar surface area (TPSA) is 86.7 Å². The van der Waals surface area contributed by atoms with Gasteiger partial charge in [0.15, 0.2) is 5.58 Å². The smallest absolute Gasteiger partial charge is 0.351 e. The summed E-state index contributed by atoms with van der Waals surface area (Å²) in [5, 5.41) is 0.499. The predicted octanol–water partition coefficient (Wildman–Crippen LogP) is 1.69. The maximum absolute atomic E-state index is 11.9. The molecule has 0 amide bonds. The summed E-state index contributed by atoms with van der Waals surface area (Å²) in [6, 6.07) is 7.78. The second-order valence-corrected chi connectivity index (χ2v) is 4.07. The lowest BCUT2D eigenvalue weighted by molar-refractivity contribution is 0.0596. The van der Waals surface area contributed by atoms with E-state index in [4.69, 9.17) is 8.83 Å². The maximum atomic E-state index is 11.9. The first kappa shape index (κ1) is 12.2. The van der Waals surface area contributed by atoms with Crippen molar-refractivity contribution in [3.05, 3.63) is 56.7 Å². The highest BCUT2D eigenvalue weighted by atomic mass is 16.5. The second kappa shape index (κ2) is 4.34. The third-order valence-electron chi connectivity index (χ3n) is 2.91. The van der Waals surface area contributed by atoms with Crippen molar-refractivity contribution in [2.45, 2.75) is 0 Å². The van der Waals surface area contributed by atoms with Crippen molar-refractivity contribution < 1.29 is 18.4 Å². The number of para-hydroxylation sites is 1. The number of rotatable bonds is 1. The van der Waals surface area contributed by atoms with Gasteiger partial charge in [-0.2, -0.15) is 0 Å². The molecule has 0 saturated heterocycles. The number of carbonyl (C=O) groups is 1. The number of hydrogen-bond donors (Lipinski definition) is 0. The molecule has 0 radical (unpaired) electrons. The van der Waals surface area contributed by atoms with Crippen molar-refractivity contribution in [2.24, 2.45) is 0 Å². The molecule has 0 spiro atoms. The van der Waals surface area contributed by atoms with E-state index in [1.807, 2.05) is 0 Å². The zero-order valence-corrected chi connectivity index (χ0v) is 10.3. The van der Waals surface area contributed by atoms with Gasteiger partial charge in [0.25, 0.3) is 0 Å². The van der Waals surface area contributed by atoms with E-state index < -0.39 is 17.2 Å². The van der Waals surface area contributed by atoms with Crippen molar-refractivity contribution in [3.8, 4) is 0 Å². The Morgan fingerprint density at radius 2 is 1.80 bits per heavy atom. The van der Waals surface area contributed by atoms with Gasteiger partial charge in [-0.05, 0) is 18.2 Å². The molecular formula is C14H8O6. The molecule has 0 aliphatic rings. The lowest BCUT2D eigenvalue weighted by atomic mass is 10.1. The van der Waals surface area contributed by atoms with Gasteiger partial charge in [0.1, 0.15) is 16.5 Å². The van der Waals surface area contributed by atoms with Gasteiger partial charge in [0.05, 0.1) is 12.5 Å². The zero-order valence-electron chi connectivity index (χ0n) is 10.3. The van der Waals surface area contributed by atoms with Gasteiger partial charge in [-0.25, -0.2) is 14.4 Å². The summed E-state index contributed by atoms with van der Waals surface area (Å²) in [6.07, 6.45) is 0. The number of carbonyl (C=O) groups excluding carboxylic acids is 1. The fourth-order valence-electron chi connectivity index (χ4n) is 1.97. The Morgan fingerprint density at radius 3 is 2.55 bits per heavy atom. The Kier molecular flexibility index (Phi) is 2.64. The fourth-order valence-corrected chi connectivity index (χ4v) is 1.97. The largest absolute Gasteiger partial charge is 0.465 e. The first-order valence-electron chi connectivity index (χ1n) is 5.70. The highest BCUT2D eigenvalue weighted by Crippen LogP contribution is 2.21. The molecule has 0 atom stereocenters. The molecule has 2 heterocycles. The number of fused-ring (bicyclic) bond motifs is 3. The summed E-state index contributed by atoms with van der Waals surface area (Å²) in [5.41, 5.74) is -1.50. The van der Waals surface area contributed by atoms with Crippen LogP contribution in [0.2, 0.25) is 0 Å². The zero-order chi connectivity index (χ0) is 14.3. The monoisotopic (exact) mass is 272 g/mol. The van der Waals surface area contributed by atoms with Crippen LogP contribution in [0.1, 0.15) is 10.4 Å². The molecule has 100 valence electrons. The van der Waals surface area contributed by atoms with E-state index in [-0.39, 0.29) is 16.5 Å². The molecule has 6 nitrogen and oxygen atoms in total. The van der Waals surface area contributed by atoms with Crippen LogP contribution in [-0.4, -0.2) is 13.1 Å². The molecule has 0 N–H and O–H groups in total. The van der Waals surface area contributed by atoms with Crippen LogP contribution in [0.5, 0.6) is 0 Å². The standard InChI is InChI=1S/C14H8O6/c1-18-12(15)9-6-8-11(20-14(9)17)7-4-2-3-5-10(7)19-13(8)16/h2-6H,1H3. The highest BCUT2D eigenvalue weighted by Gasteiger charge is 2.17. The first-order chi connectivity index (χ1) is 9.61. The van der Waals surface area contributed by atoms with Gasteiger partial charge >= 0.3 is 17.2 Å². The molecule has 0 bridgehead atoms. The van der Waals surface area contributed by atoms with E-state index in [1.165, 1.54) is 0 Å². The summed E-state index contributed by atoms with van der Waals surface area (Å²) < 4.78 is 14.7. The number of ether oxygens (including phenoxy) is 1. The number of esters is 1. The Morgan fingerprint density at radius 1 is 1.05 bits per heavy atom. The minimum absolute atomic E-state index is 0.0173. The van der Waals surface area contributed by atoms with E-state index in [2.05, 4.69) is 4.74 Å². The number of hydrogen-bond acceptors (Lipinski definition) is 6. The highest BCUT2D eigenvalue weighted by molar-refractivity contribution is 6.02. The minimum Gasteiger partial charge on any atom is -0.465 e. The average Bonchev–Trinajstić information content (AvgIpc) is 2.46. The SMILES string of the molecule is COC(=O)c1cc2c(=O)oc3ccccc3c2oc1=O. The van der Waals surface area contributed by atoms with Crippen LogP contribution in [0.15, 0.2) is 48.8 Å². The molecule has 3 aromatic rings. The van der Waals surface area contributed by atoms with E-state index in [9.17, 15) is 14.4 Å². The van der Waals surface area contributed by atoms with Crippen LogP contribution in [0.25, 0.3) is 21.9 Å². The summed E-state index contributed by atoms with van der Waals surface area (Å²) in [4.78, 5) is 35.1. The quantitative estimate of drug-likeness (QED) is 0.380. The van der Waals surface area contributed by atoms with Crippen molar-refractivity contribution in [2.75, 3.05) is 7.11 Å². The number of benzene rings is 1. The van der Waals surface area contributed by atoms with Gasteiger partial charge in [0.2, 0.25) is 0 Å². The molecule has 0 aliphatic carbocycles. The minimum atomic E-state index is -0.867. The predicted molar refractivity (Wildman–Crippen MR) is 69.9 cm³/mol. The average molecular weight is 272 g/mol. The summed E-state index contributed by atoms with van der Waals surface area (Å²) in [6.45, 7) is 0. The van der Waals surface area contributed by atoms with Crippen LogP contribution in [0.3, 0.4) is 0 Å². The van der Waals surface area contributed by atoms with Crippen molar-refractivity contribution in [1.82, 2.24) is 0 Å². The normalized spacial score (nSPS) is 10.8. The molecule has 0 aliphatic heterocycles. The van der Waals surface area contributed by atoms with E-state index >= 15 is 0 Å². The Bertz CT molecular complexity index is 947. The van der Waals surface area contributed by atoms with Crippen LogP contribution in [0, 0.1) is 0 Å². The number of methoxy groups -OCH3 is 1. The van der Waals surface area contributed by atoms with Crippen molar-refractivity contribution in [1.29, 1.82) is 0 Å². The lowest BCUT2D eigenvalue weighted by Gasteiger charge is -2.02. The molecular weight excluding hydrogens is 264 g/mol. The van der Waals surface area contributed by atoms with Gasteiger partial charge in [-0.1, -0.05) is 12.1 Å². The molecule has 0 fully saturated rings. The lowest BCUT2D eigenvalue weighted by Crippen LogP contribution is -2.16. The Balaban J connectivity index is 2.51. The van der Waals surface area contributed by atoms with Crippen LogP contribution in [0.4, 0.5) is 0 Å². The van der Waals surface area contributed by atoms with Gasteiger partial charge in [-0.3, -0.25) is 0 Å². The Labute approximate surface area is 111 Å². The van der Waals surface area contributed by atoms with Gasteiger partial charge in [-0.15, -0.1) is 0 Å². The second-order valence-electron chi connectivity index (χ2n) is 4.07. The van der Waals surface area contributed by atoms with Crippen molar-refractivity contribution >= 4 is 27.9 Å². The summed E-state index contributed by atoms with van der Waals surface area (Å²) >= 11 is 0. The summed E-state index contributed by atoms with van der Waals surface area (Å²) in [5.74, 6) is -0.867. The first-order valence-corrected chi connectivity index (χ1v) is 5.70. The molecule has 2 aromatic heterocycles. The van der Waals surface area contributed by atoms with E-state index in [1.54, 1.807) is 24.3 Å². The molecule has 3 rings (SSSR count). The van der Waals surface area contributed by atoms with Crippen LogP contribution in [-0.2, 0) is 4.74 Å². The van der Waals surface area contributed by atoms with Crippen LogP contribution < -0.4 is 11.3 Å². The summed E-state index contributed by atoms with van der Waals surface area (Å²) in [7, 11) is 1.13. The van der Waals surface area contributed by atoms with Gasteiger partial charge in [0, 0.05) is 0 Å². The Hall–Kier alpha value is -2.89. The van der Waals surface area contributed by atoms with E-state index in [0.717, 1.165) is 13.2 Å². The van der Waals surface area contributed by atoms with E-state index in [0.29, 0.717) is 11.0 Å². The molecule has 6 heteroatoms. The fraction of sp³-hybridized carbons (Fsp3) is 0.0714. The molecule has 0 unspecified atom stereocenters. The molecule has 20 heavy (non-hydrogen) atoms. The third-order valence-corrected chi connectivity index (χ3v) is 2.91. The maximum Gasteiger partial charge on any atom is 0.351 e. The van der Waals surface area contributed by atoms with Gasteiger partial charge < -0.3 is 13.6 Å². The van der Waals surface area contributed by atoms with Crippen molar-refractivity contribution in [3.63, 3.8) is 0 Å². The molecule has 0 saturated carbocycles.